The van der Waals surface area contributed by atoms with Gasteiger partial charge in [0.05, 0.1) is 12.1 Å². The molecule has 0 bridgehead atoms. The van der Waals surface area contributed by atoms with Gasteiger partial charge in [-0.15, -0.1) is 0 Å². The van der Waals surface area contributed by atoms with E-state index in [-0.39, 0.29) is 12.3 Å². The number of aryl methyl sites for hydroxylation is 2. The maximum absolute atomic E-state index is 12.3. The number of amides is 1. The number of hydrogen-bond acceptors (Lipinski definition) is 3. The fourth-order valence-electron chi connectivity index (χ4n) is 2.57. The molecule has 1 aliphatic rings. The molecule has 1 amide bonds. The summed E-state index contributed by atoms with van der Waals surface area (Å²) in [4.78, 5) is 25.0. The number of H-pyrrole nitrogens is 1. The molecule has 0 spiro atoms. The highest BCUT2D eigenvalue weighted by molar-refractivity contribution is 5.85. The Morgan fingerprint density at radius 3 is 2.74 bits per heavy atom. The van der Waals surface area contributed by atoms with E-state index in [9.17, 15) is 14.7 Å². The van der Waals surface area contributed by atoms with Crippen LogP contribution in [0.2, 0.25) is 0 Å². The van der Waals surface area contributed by atoms with Crippen molar-refractivity contribution in [2.24, 2.45) is 0 Å². The molecule has 19 heavy (non-hydrogen) atoms. The van der Waals surface area contributed by atoms with Crippen LogP contribution >= 0.6 is 0 Å². The fourth-order valence-corrected chi connectivity index (χ4v) is 2.57. The van der Waals surface area contributed by atoms with Gasteiger partial charge in [-0.25, -0.2) is 4.79 Å². The Hall–Kier alpha value is -1.85. The molecule has 0 aliphatic carbocycles. The van der Waals surface area contributed by atoms with Crippen LogP contribution in [-0.2, 0) is 16.0 Å². The van der Waals surface area contributed by atoms with Crippen molar-refractivity contribution in [1.82, 2.24) is 15.1 Å². The van der Waals surface area contributed by atoms with Crippen LogP contribution in [0.25, 0.3) is 0 Å². The molecule has 1 aliphatic heterocycles. The van der Waals surface area contributed by atoms with Crippen molar-refractivity contribution in [3.8, 4) is 0 Å². The molecule has 6 heteroatoms. The zero-order valence-electron chi connectivity index (χ0n) is 11.3. The van der Waals surface area contributed by atoms with Crippen molar-refractivity contribution in [1.29, 1.82) is 0 Å². The SMILES string of the molecule is Cc1n[nH]c(C)c1CC(=O)N1CCCC[C@H]1C(=O)O. The van der Waals surface area contributed by atoms with Gasteiger partial charge < -0.3 is 10.0 Å². The van der Waals surface area contributed by atoms with Gasteiger partial charge in [0.25, 0.3) is 0 Å². The maximum atomic E-state index is 12.3. The molecule has 0 saturated carbocycles. The third kappa shape index (κ3) is 2.77. The third-order valence-corrected chi connectivity index (χ3v) is 3.72. The van der Waals surface area contributed by atoms with Gasteiger partial charge in [-0.2, -0.15) is 5.10 Å². The van der Waals surface area contributed by atoms with E-state index < -0.39 is 12.0 Å². The van der Waals surface area contributed by atoms with Gasteiger partial charge in [-0.3, -0.25) is 9.89 Å². The van der Waals surface area contributed by atoms with Crippen LogP contribution in [0.5, 0.6) is 0 Å². The van der Waals surface area contributed by atoms with E-state index >= 15 is 0 Å². The van der Waals surface area contributed by atoms with Gasteiger partial charge in [-0.05, 0) is 33.1 Å². The van der Waals surface area contributed by atoms with Gasteiger partial charge in [0.2, 0.25) is 5.91 Å². The van der Waals surface area contributed by atoms with Gasteiger partial charge >= 0.3 is 5.97 Å². The highest BCUT2D eigenvalue weighted by atomic mass is 16.4. The lowest BCUT2D eigenvalue weighted by Gasteiger charge is -2.33. The Labute approximate surface area is 111 Å². The number of carbonyl (C=O) groups is 2. The van der Waals surface area contributed by atoms with Crippen LogP contribution in [0, 0.1) is 13.8 Å². The second-order valence-corrected chi connectivity index (χ2v) is 5.03. The highest BCUT2D eigenvalue weighted by Gasteiger charge is 2.32. The lowest BCUT2D eigenvalue weighted by molar-refractivity contribution is -0.151. The highest BCUT2D eigenvalue weighted by Crippen LogP contribution is 2.20. The first kappa shape index (κ1) is 13.6. The summed E-state index contributed by atoms with van der Waals surface area (Å²) in [5.74, 6) is -1.03. The molecule has 1 aromatic heterocycles. The number of likely N-dealkylation sites (tertiary alicyclic amines) is 1. The molecular weight excluding hydrogens is 246 g/mol. The maximum Gasteiger partial charge on any atom is 0.326 e. The van der Waals surface area contributed by atoms with Crippen LogP contribution in [0.3, 0.4) is 0 Å². The summed E-state index contributed by atoms with van der Waals surface area (Å²) in [6, 6.07) is -0.672. The number of aliphatic carboxylic acids is 1. The number of piperidine rings is 1. The molecule has 1 atom stereocenters. The molecule has 0 aromatic carbocycles. The number of aromatic nitrogens is 2. The Kier molecular flexibility index (Phi) is 3.87. The van der Waals surface area contributed by atoms with Crippen LogP contribution < -0.4 is 0 Å². The molecule has 1 saturated heterocycles. The molecule has 6 nitrogen and oxygen atoms in total. The number of hydrogen-bond donors (Lipinski definition) is 2. The first-order chi connectivity index (χ1) is 9.00. The predicted molar refractivity (Wildman–Crippen MR) is 68.8 cm³/mol. The summed E-state index contributed by atoms with van der Waals surface area (Å²) in [6.07, 6.45) is 2.51. The Morgan fingerprint density at radius 1 is 1.42 bits per heavy atom. The molecule has 0 unspecified atom stereocenters. The molecule has 2 heterocycles. The van der Waals surface area contributed by atoms with E-state index in [1.807, 2.05) is 13.8 Å². The number of carboxylic acids is 1. The van der Waals surface area contributed by atoms with Crippen molar-refractivity contribution in [3.63, 3.8) is 0 Å². The Morgan fingerprint density at radius 2 is 2.16 bits per heavy atom. The molecule has 0 radical (unpaired) electrons. The van der Waals surface area contributed by atoms with Crippen LogP contribution in [0.4, 0.5) is 0 Å². The minimum atomic E-state index is -0.909. The first-order valence-electron chi connectivity index (χ1n) is 6.53. The number of carbonyl (C=O) groups excluding carboxylic acids is 1. The summed E-state index contributed by atoms with van der Waals surface area (Å²) in [5, 5.41) is 16.1. The molecule has 2 N–H and O–H groups in total. The molecule has 104 valence electrons. The Balaban J connectivity index is 2.12. The van der Waals surface area contributed by atoms with Crippen LogP contribution in [0.15, 0.2) is 0 Å². The molecule has 2 rings (SSSR count). The van der Waals surface area contributed by atoms with Crippen LogP contribution in [0.1, 0.15) is 36.2 Å². The quantitative estimate of drug-likeness (QED) is 0.854. The van der Waals surface area contributed by atoms with Gasteiger partial charge in [0.15, 0.2) is 0 Å². The van der Waals surface area contributed by atoms with E-state index in [1.54, 1.807) is 0 Å². The topological polar surface area (TPSA) is 86.3 Å². The van der Waals surface area contributed by atoms with E-state index in [1.165, 1.54) is 4.90 Å². The standard InChI is InChI=1S/C13H19N3O3/c1-8-10(9(2)15-14-8)7-12(17)16-6-4-3-5-11(16)13(18)19/h11H,3-7H2,1-2H3,(H,14,15)(H,18,19)/t11-/m0/s1. The number of carboxylic acid groups (broad SMARTS) is 1. The summed E-state index contributed by atoms with van der Waals surface area (Å²) in [7, 11) is 0. The van der Waals surface area contributed by atoms with Crippen molar-refractivity contribution in [3.05, 3.63) is 17.0 Å². The summed E-state index contributed by atoms with van der Waals surface area (Å²) in [6.45, 7) is 4.25. The lowest BCUT2D eigenvalue weighted by Crippen LogP contribution is -2.48. The van der Waals surface area contributed by atoms with Gasteiger partial charge in [0, 0.05) is 17.8 Å². The van der Waals surface area contributed by atoms with E-state index in [0.717, 1.165) is 29.8 Å². The second kappa shape index (κ2) is 5.42. The van der Waals surface area contributed by atoms with E-state index in [4.69, 9.17) is 0 Å². The monoisotopic (exact) mass is 265 g/mol. The molecule has 1 fully saturated rings. The van der Waals surface area contributed by atoms with E-state index in [0.29, 0.717) is 13.0 Å². The molecular formula is C13H19N3O3. The zero-order valence-corrected chi connectivity index (χ0v) is 11.3. The summed E-state index contributed by atoms with van der Waals surface area (Å²) in [5.41, 5.74) is 2.55. The second-order valence-electron chi connectivity index (χ2n) is 5.03. The minimum absolute atomic E-state index is 0.125. The molecule has 1 aromatic rings. The normalized spacial score (nSPS) is 19.5. The van der Waals surface area contributed by atoms with Crippen LogP contribution in [-0.4, -0.2) is 44.7 Å². The zero-order chi connectivity index (χ0) is 14.0. The average Bonchev–Trinajstić information content (AvgIpc) is 2.70. The third-order valence-electron chi connectivity index (χ3n) is 3.72. The van der Waals surface area contributed by atoms with Crippen molar-refractivity contribution < 1.29 is 14.7 Å². The van der Waals surface area contributed by atoms with Gasteiger partial charge in [-0.1, -0.05) is 0 Å². The average molecular weight is 265 g/mol. The smallest absolute Gasteiger partial charge is 0.326 e. The summed E-state index contributed by atoms with van der Waals surface area (Å²) < 4.78 is 0. The minimum Gasteiger partial charge on any atom is -0.480 e. The van der Waals surface area contributed by atoms with Crippen molar-refractivity contribution >= 4 is 11.9 Å². The predicted octanol–water partition coefficient (Wildman–Crippen LogP) is 1.03. The number of nitrogens with one attached hydrogen (secondary N) is 1. The largest absolute Gasteiger partial charge is 0.480 e. The summed E-state index contributed by atoms with van der Waals surface area (Å²) >= 11 is 0. The fraction of sp³-hybridized carbons (Fsp3) is 0.615. The van der Waals surface area contributed by atoms with Crippen molar-refractivity contribution in [2.75, 3.05) is 6.54 Å². The first-order valence-corrected chi connectivity index (χ1v) is 6.53. The van der Waals surface area contributed by atoms with E-state index in [2.05, 4.69) is 10.2 Å². The Bertz CT molecular complexity index is 476. The number of aromatic amines is 1. The lowest BCUT2D eigenvalue weighted by atomic mass is 10.0. The number of rotatable bonds is 3. The number of nitrogens with zero attached hydrogens (tertiary/aromatic N) is 2. The van der Waals surface area contributed by atoms with Gasteiger partial charge in [0.1, 0.15) is 6.04 Å². The van der Waals surface area contributed by atoms with Crippen molar-refractivity contribution in [2.45, 2.75) is 45.6 Å².